The van der Waals surface area contributed by atoms with Crippen molar-refractivity contribution in [2.75, 3.05) is 25.5 Å². The van der Waals surface area contributed by atoms with Gasteiger partial charge >= 0.3 is 0 Å². The zero-order valence-corrected chi connectivity index (χ0v) is 18.3. The zero-order chi connectivity index (χ0) is 20.7. The minimum absolute atomic E-state index is 0.0175. The predicted molar refractivity (Wildman–Crippen MR) is 114 cm³/mol. The Balaban J connectivity index is 1.44. The summed E-state index contributed by atoms with van der Waals surface area (Å²) in [6.45, 7) is 1.31. The Morgan fingerprint density at radius 3 is 2.72 bits per heavy atom. The van der Waals surface area contributed by atoms with Crippen molar-refractivity contribution in [3.63, 3.8) is 0 Å². The number of anilines is 1. The molecule has 1 aromatic rings. The second kappa shape index (κ2) is 7.92. The molecule has 1 atom stereocenters. The van der Waals surface area contributed by atoms with E-state index in [0.717, 1.165) is 15.7 Å². The molecule has 0 radical (unpaired) electrons. The number of nitrogens with one attached hydrogen (secondary N) is 2. The Hall–Kier alpha value is -2.17. The van der Waals surface area contributed by atoms with Crippen LogP contribution in [0.4, 0.5) is 5.69 Å². The summed E-state index contributed by atoms with van der Waals surface area (Å²) in [7, 11) is 1.82. The third-order valence-electron chi connectivity index (χ3n) is 5.70. The molecule has 154 valence electrons. The van der Waals surface area contributed by atoms with E-state index in [1.807, 2.05) is 13.1 Å². The van der Waals surface area contributed by atoms with Gasteiger partial charge in [0.15, 0.2) is 0 Å². The summed E-state index contributed by atoms with van der Waals surface area (Å²) >= 11 is 2.18. The number of hydrogen-bond acceptors (Lipinski definition) is 5. The molecule has 2 heterocycles. The number of likely N-dealkylation sites (N-methyl/N-ethyl adjacent to an activating group) is 1. The third-order valence-corrected chi connectivity index (χ3v) is 6.66. The van der Waals surface area contributed by atoms with Crippen LogP contribution in [0.25, 0.3) is 0 Å². The number of imide groups is 1. The predicted octanol–water partition coefficient (Wildman–Crippen LogP) is 1.33. The highest BCUT2D eigenvalue weighted by molar-refractivity contribution is 14.1. The van der Waals surface area contributed by atoms with Gasteiger partial charge in [0.05, 0.1) is 6.54 Å². The maximum atomic E-state index is 13.0. The third kappa shape index (κ3) is 4.24. The van der Waals surface area contributed by atoms with Crippen LogP contribution >= 0.6 is 22.6 Å². The number of amides is 4. The number of carbonyl (C=O) groups is 4. The van der Waals surface area contributed by atoms with Crippen LogP contribution in [-0.2, 0) is 20.9 Å². The number of halogens is 1. The fourth-order valence-corrected chi connectivity index (χ4v) is 4.62. The molecule has 1 saturated carbocycles. The first-order valence-corrected chi connectivity index (χ1v) is 10.9. The van der Waals surface area contributed by atoms with Crippen LogP contribution in [0, 0.1) is 9.49 Å². The second-order valence-electron chi connectivity index (χ2n) is 7.96. The normalized spacial score (nSPS) is 21.1. The molecule has 2 N–H and O–H groups in total. The molecule has 1 saturated heterocycles. The van der Waals surface area contributed by atoms with Crippen molar-refractivity contribution in [2.45, 2.75) is 38.3 Å². The molecule has 0 spiro atoms. The number of carbonyl (C=O) groups excluding carboxylic acids is 4. The monoisotopic (exact) mass is 510 g/mol. The van der Waals surface area contributed by atoms with E-state index in [2.05, 4.69) is 33.2 Å². The molecular formula is C20H23IN4O4. The molecule has 0 aromatic heterocycles. The van der Waals surface area contributed by atoms with E-state index in [9.17, 15) is 19.2 Å². The van der Waals surface area contributed by atoms with Crippen LogP contribution in [0.5, 0.6) is 0 Å². The van der Waals surface area contributed by atoms with Gasteiger partial charge in [-0.05, 0) is 65.5 Å². The quantitative estimate of drug-likeness (QED) is 0.445. The first-order chi connectivity index (χ1) is 13.8. The van der Waals surface area contributed by atoms with Gasteiger partial charge in [-0.15, -0.1) is 0 Å². The van der Waals surface area contributed by atoms with Crippen molar-refractivity contribution in [3.05, 3.63) is 26.8 Å². The second-order valence-corrected chi connectivity index (χ2v) is 9.12. The summed E-state index contributed by atoms with van der Waals surface area (Å²) in [4.78, 5) is 52.1. The lowest BCUT2D eigenvalue weighted by atomic mass is 10.0. The van der Waals surface area contributed by atoms with Crippen molar-refractivity contribution in [1.82, 2.24) is 15.1 Å². The lowest BCUT2D eigenvalue weighted by Crippen LogP contribution is -2.52. The minimum atomic E-state index is -0.627. The van der Waals surface area contributed by atoms with Crippen molar-refractivity contribution >= 4 is 51.9 Å². The molecule has 0 bridgehead atoms. The van der Waals surface area contributed by atoms with Gasteiger partial charge in [-0.25, -0.2) is 0 Å². The van der Waals surface area contributed by atoms with Crippen LogP contribution in [0.15, 0.2) is 12.1 Å². The Morgan fingerprint density at radius 1 is 1.28 bits per heavy atom. The number of hydrogen-bond donors (Lipinski definition) is 2. The molecule has 4 amide bonds. The molecule has 4 rings (SSSR count). The highest BCUT2D eigenvalue weighted by atomic mass is 127. The molecule has 1 unspecified atom stereocenters. The summed E-state index contributed by atoms with van der Waals surface area (Å²) in [5.74, 6) is -0.272. The Bertz CT molecular complexity index is 899. The Morgan fingerprint density at radius 2 is 2.03 bits per heavy atom. The van der Waals surface area contributed by atoms with Crippen molar-refractivity contribution in [1.29, 1.82) is 0 Å². The van der Waals surface area contributed by atoms with Crippen LogP contribution in [0.3, 0.4) is 0 Å². The Labute approximate surface area is 182 Å². The van der Waals surface area contributed by atoms with Gasteiger partial charge < -0.3 is 15.1 Å². The summed E-state index contributed by atoms with van der Waals surface area (Å²) < 4.78 is 0.907. The number of nitrogens with zero attached hydrogens (tertiary/aromatic N) is 2. The Kier molecular flexibility index (Phi) is 5.50. The van der Waals surface area contributed by atoms with Crippen LogP contribution in [0.1, 0.15) is 41.6 Å². The van der Waals surface area contributed by atoms with Gasteiger partial charge in [-0.2, -0.15) is 0 Å². The average molecular weight is 510 g/mol. The van der Waals surface area contributed by atoms with Crippen molar-refractivity contribution in [2.24, 2.45) is 5.92 Å². The molecule has 2 fully saturated rings. The van der Waals surface area contributed by atoms with E-state index < -0.39 is 11.9 Å². The molecule has 1 aromatic carbocycles. The maximum Gasteiger partial charge on any atom is 0.255 e. The number of fused-ring (bicyclic) bond motifs is 1. The first kappa shape index (κ1) is 20.1. The average Bonchev–Trinajstić information content (AvgIpc) is 3.43. The zero-order valence-electron chi connectivity index (χ0n) is 16.2. The lowest BCUT2D eigenvalue weighted by molar-refractivity contribution is -0.137. The summed E-state index contributed by atoms with van der Waals surface area (Å²) in [5.41, 5.74) is 2.13. The van der Waals surface area contributed by atoms with E-state index in [1.54, 1.807) is 11.0 Å². The molecule has 29 heavy (non-hydrogen) atoms. The largest absolute Gasteiger partial charge is 0.376 e. The highest BCUT2D eigenvalue weighted by Gasteiger charge is 2.40. The van der Waals surface area contributed by atoms with E-state index in [4.69, 9.17) is 0 Å². The summed E-state index contributed by atoms with van der Waals surface area (Å²) in [6, 6.07) is 3.03. The SMILES string of the molecule is CN(CC1CC1)C(=O)CNc1cc(I)c2c(c1)C(=O)N(C1CCC(=O)NC1=O)C2. The molecule has 2 aliphatic heterocycles. The smallest absolute Gasteiger partial charge is 0.255 e. The van der Waals surface area contributed by atoms with Crippen LogP contribution in [-0.4, -0.2) is 59.6 Å². The highest BCUT2D eigenvalue weighted by Crippen LogP contribution is 2.33. The van der Waals surface area contributed by atoms with Gasteiger partial charge in [-0.1, -0.05) is 0 Å². The standard InChI is InChI=1S/C20H23IN4O4/c1-24(9-11-2-3-11)18(27)8-22-12-6-13-14(15(21)7-12)10-25(20(13)29)16-4-5-17(26)23-19(16)28/h6-7,11,16,22H,2-5,8-10H2,1H3,(H,23,26,28). The van der Waals surface area contributed by atoms with Gasteiger partial charge in [0.25, 0.3) is 5.91 Å². The molecule has 9 heteroatoms. The minimum Gasteiger partial charge on any atom is -0.376 e. The van der Waals surface area contributed by atoms with E-state index in [-0.39, 0.29) is 30.7 Å². The van der Waals surface area contributed by atoms with Gasteiger partial charge in [-0.3, -0.25) is 24.5 Å². The molecule has 1 aliphatic carbocycles. The fraction of sp³-hybridized carbons (Fsp3) is 0.500. The number of piperidine rings is 1. The molecule has 8 nitrogen and oxygen atoms in total. The summed E-state index contributed by atoms with van der Waals surface area (Å²) in [6.07, 6.45) is 2.96. The fourth-order valence-electron chi connectivity index (χ4n) is 3.82. The van der Waals surface area contributed by atoms with E-state index in [0.29, 0.717) is 30.1 Å². The van der Waals surface area contributed by atoms with Gasteiger partial charge in [0, 0.05) is 41.4 Å². The van der Waals surface area contributed by atoms with Crippen LogP contribution in [0.2, 0.25) is 0 Å². The van der Waals surface area contributed by atoms with E-state index >= 15 is 0 Å². The van der Waals surface area contributed by atoms with Crippen molar-refractivity contribution < 1.29 is 19.2 Å². The molecule has 3 aliphatic rings. The van der Waals surface area contributed by atoms with Gasteiger partial charge in [0.1, 0.15) is 6.04 Å². The van der Waals surface area contributed by atoms with Crippen molar-refractivity contribution in [3.8, 4) is 0 Å². The lowest BCUT2D eigenvalue weighted by Gasteiger charge is -2.29. The number of benzene rings is 1. The number of rotatable bonds is 6. The van der Waals surface area contributed by atoms with Crippen LogP contribution < -0.4 is 10.6 Å². The molecular weight excluding hydrogens is 487 g/mol. The first-order valence-electron chi connectivity index (χ1n) is 9.78. The summed E-state index contributed by atoms with van der Waals surface area (Å²) in [5, 5.41) is 5.44. The topological polar surface area (TPSA) is 98.8 Å². The maximum absolute atomic E-state index is 13.0. The van der Waals surface area contributed by atoms with E-state index in [1.165, 1.54) is 17.7 Å². The van der Waals surface area contributed by atoms with Gasteiger partial charge in [0.2, 0.25) is 17.7 Å².